The molecule has 0 heterocycles. The molecule has 0 spiro atoms. The predicted molar refractivity (Wildman–Crippen MR) is 69.7 cm³/mol. The van der Waals surface area contributed by atoms with Crippen molar-refractivity contribution in [2.24, 2.45) is 16.9 Å². The molecule has 4 heteroatoms. The molecule has 1 rings (SSSR count). The third kappa shape index (κ3) is 4.34. The standard InChI is InChI=1S/C13H20N2O2/c1-10(2)6-7-17-12-5-4-11(9-15-14)8-13(12)16-3/h4-5,8-10H,6-7,14H2,1-3H3/b15-9-. The first-order chi connectivity index (χ1) is 8.17. The molecule has 0 aliphatic carbocycles. The minimum Gasteiger partial charge on any atom is -0.493 e. The third-order valence-corrected chi connectivity index (χ3v) is 2.36. The lowest BCUT2D eigenvalue weighted by Gasteiger charge is -2.12. The Morgan fingerprint density at radius 1 is 1.35 bits per heavy atom. The van der Waals surface area contributed by atoms with Gasteiger partial charge in [0.2, 0.25) is 0 Å². The normalized spacial score (nSPS) is 11.1. The van der Waals surface area contributed by atoms with Gasteiger partial charge in [-0.2, -0.15) is 5.10 Å². The van der Waals surface area contributed by atoms with Gasteiger partial charge < -0.3 is 15.3 Å². The van der Waals surface area contributed by atoms with Crippen LogP contribution in [0, 0.1) is 5.92 Å². The quantitative estimate of drug-likeness (QED) is 0.469. The van der Waals surface area contributed by atoms with Gasteiger partial charge in [0, 0.05) is 0 Å². The van der Waals surface area contributed by atoms with Crippen molar-refractivity contribution in [3.63, 3.8) is 0 Å². The number of nitrogens with zero attached hydrogens (tertiary/aromatic N) is 1. The van der Waals surface area contributed by atoms with Crippen LogP contribution >= 0.6 is 0 Å². The molecule has 2 N–H and O–H groups in total. The number of benzene rings is 1. The first-order valence-electron chi connectivity index (χ1n) is 5.71. The SMILES string of the molecule is COc1cc(/C=N\N)ccc1OCCC(C)C. The van der Waals surface area contributed by atoms with Gasteiger partial charge in [-0.15, -0.1) is 0 Å². The fourth-order valence-corrected chi connectivity index (χ4v) is 1.37. The Balaban J connectivity index is 2.71. The van der Waals surface area contributed by atoms with E-state index in [2.05, 4.69) is 18.9 Å². The molecule has 0 bridgehead atoms. The maximum Gasteiger partial charge on any atom is 0.161 e. The molecule has 0 saturated heterocycles. The number of nitrogens with two attached hydrogens (primary N) is 1. The molecular formula is C13H20N2O2. The summed E-state index contributed by atoms with van der Waals surface area (Å²) in [6.45, 7) is 5.03. The molecular weight excluding hydrogens is 216 g/mol. The maximum atomic E-state index is 5.67. The van der Waals surface area contributed by atoms with Crippen molar-refractivity contribution in [3.05, 3.63) is 23.8 Å². The molecule has 0 aliphatic rings. The molecule has 0 amide bonds. The van der Waals surface area contributed by atoms with Gasteiger partial charge in [-0.1, -0.05) is 13.8 Å². The van der Waals surface area contributed by atoms with Gasteiger partial charge in [-0.05, 0) is 36.1 Å². The Hall–Kier alpha value is -1.71. The van der Waals surface area contributed by atoms with Crippen LogP contribution in [0.1, 0.15) is 25.8 Å². The second kappa shape index (κ2) is 6.78. The fraction of sp³-hybridized carbons (Fsp3) is 0.462. The lowest BCUT2D eigenvalue weighted by molar-refractivity contribution is 0.273. The van der Waals surface area contributed by atoms with Gasteiger partial charge in [0.05, 0.1) is 19.9 Å². The largest absolute Gasteiger partial charge is 0.493 e. The Labute approximate surface area is 102 Å². The van der Waals surface area contributed by atoms with Crippen molar-refractivity contribution in [1.29, 1.82) is 0 Å². The molecule has 0 radical (unpaired) electrons. The summed E-state index contributed by atoms with van der Waals surface area (Å²) in [6, 6.07) is 5.61. The second-order valence-electron chi connectivity index (χ2n) is 4.22. The topological polar surface area (TPSA) is 56.8 Å². The van der Waals surface area contributed by atoms with Crippen LogP contribution in [0.15, 0.2) is 23.3 Å². The summed E-state index contributed by atoms with van der Waals surface area (Å²) in [4.78, 5) is 0. The highest BCUT2D eigenvalue weighted by atomic mass is 16.5. The van der Waals surface area contributed by atoms with Crippen LogP contribution in [-0.4, -0.2) is 19.9 Å². The predicted octanol–water partition coefficient (Wildman–Crippen LogP) is 2.41. The number of hydrogen-bond donors (Lipinski definition) is 1. The van der Waals surface area contributed by atoms with E-state index in [1.807, 2.05) is 18.2 Å². The van der Waals surface area contributed by atoms with Gasteiger partial charge in [-0.3, -0.25) is 0 Å². The Kier molecular flexibility index (Phi) is 5.33. The zero-order chi connectivity index (χ0) is 12.7. The highest BCUT2D eigenvalue weighted by molar-refractivity contribution is 5.80. The summed E-state index contributed by atoms with van der Waals surface area (Å²) in [6.07, 6.45) is 2.59. The van der Waals surface area contributed by atoms with Crippen LogP contribution in [0.3, 0.4) is 0 Å². The number of methoxy groups -OCH3 is 1. The van der Waals surface area contributed by atoms with Crippen molar-refractivity contribution >= 4 is 6.21 Å². The first kappa shape index (κ1) is 13.4. The summed E-state index contributed by atoms with van der Waals surface area (Å²) in [5, 5.41) is 3.47. The minimum atomic E-state index is 0.629. The molecule has 17 heavy (non-hydrogen) atoms. The van der Waals surface area contributed by atoms with Gasteiger partial charge in [0.1, 0.15) is 0 Å². The van der Waals surface area contributed by atoms with E-state index in [0.29, 0.717) is 18.3 Å². The minimum absolute atomic E-state index is 0.629. The lowest BCUT2D eigenvalue weighted by Crippen LogP contribution is -2.03. The number of hydrazone groups is 1. The van der Waals surface area contributed by atoms with E-state index in [9.17, 15) is 0 Å². The highest BCUT2D eigenvalue weighted by Gasteiger charge is 2.05. The first-order valence-corrected chi connectivity index (χ1v) is 5.71. The van der Waals surface area contributed by atoms with Crippen molar-refractivity contribution in [2.45, 2.75) is 20.3 Å². The zero-order valence-electron chi connectivity index (χ0n) is 10.6. The van der Waals surface area contributed by atoms with Crippen LogP contribution in [0.25, 0.3) is 0 Å². The van der Waals surface area contributed by atoms with E-state index < -0.39 is 0 Å². The molecule has 4 nitrogen and oxygen atoms in total. The van der Waals surface area contributed by atoms with Gasteiger partial charge in [-0.25, -0.2) is 0 Å². The summed E-state index contributed by atoms with van der Waals surface area (Å²) < 4.78 is 10.9. The summed E-state index contributed by atoms with van der Waals surface area (Å²) in [5.41, 5.74) is 0.889. The van der Waals surface area contributed by atoms with Gasteiger partial charge in [0.15, 0.2) is 11.5 Å². The van der Waals surface area contributed by atoms with Crippen LogP contribution < -0.4 is 15.3 Å². The van der Waals surface area contributed by atoms with Crippen LogP contribution in [0.2, 0.25) is 0 Å². The summed E-state index contributed by atoms with van der Waals surface area (Å²) in [7, 11) is 1.62. The number of rotatable bonds is 6. The van der Waals surface area contributed by atoms with Crippen LogP contribution in [0.5, 0.6) is 11.5 Å². The van der Waals surface area contributed by atoms with Crippen molar-refractivity contribution < 1.29 is 9.47 Å². The third-order valence-electron chi connectivity index (χ3n) is 2.36. The Morgan fingerprint density at radius 2 is 2.12 bits per heavy atom. The molecule has 0 atom stereocenters. The molecule has 94 valence electrons. The monoisotopic (exact) mass is 236 g/mol. The van der Waals surface area contributed by atoms with Crippen molar-refractivity contribution in [1.82, 2.24) is 0 Å². The Morgan fingerprint density at radius 3 is 2.71 bits per heavy atom. The molecule has 1 aromatic carbocycles. The Bertz CT molecular complexity index is 376. The van der Waals surface area contributed by atoms with Crippen LogP contribution in [-0.2, 0) is 0 Å². The second-order valence-corrected chi connectivity index (χ2v) is 4.22. The van der Waals surface area contributed by atoms with Gasteiger partial charge in [0.25, 0.3) is 0 Å². The lowest BCUT2D eigenvalue weighted by atomic mass is 10.1. The molecule has 0 aliphatic heterocycles. The summed E-state index contributed by atoms with van der Waals surface area (Å²) >= 11 is 0. The molecule has 0 aromatic heterocycles. The molecule has 0 fully saturated rings. The fourth-order valence-electron chi connectivity index (χ4n) is 1.37. The average molecular weight is 236 g/mol. The molecule has 1 aromatic rings. The maximum absolute atomic E-state index is 5.67. The van der Waals surface area contributed by atoms with E-state index in [4.69, 9.17) is 15.3 Å². The van der Waals surface area contributed by atoms with E-state index in [1.165, 1.54) is 0 Å². The zero-order valence-corrected chi connectivity index (χ0v) is 10.6. The number of hydrogen-bond acceptors (Lipinski definition) is 4. The van der Waals surface area contributed by atoms with Gasteiger partial charge >= 0.3 is 0 Å². The molecule has 0 saturated carbocycles. The average Bonchev–Trinajstić information content (AvgIpc) is 2.30. The highest BCUT2D eigenvalue weighted by Crippen LogP contribution is 2.27. The van der Waals surface area contributed by atoms with E-state index in [1.54, 1.807) is 13.3 Å². The number of ether oxygens (including phenoxy) is 2. The molecule has 0 unspecified atom stereocenters. The van der Waals surface area contributed by atoms with E-state index in [-0.39, 0.29) is 0 Å². The summed E-state index contributed by atoms with van der Waals surface area (Å²) in [5.74, 6) is 7.18. The van der Waals surface area contributed by atoms with Crippen molar-refractivity contribution in [3.8, 4) is 11.5 Å². The van der Waals surface area contributed by atoms with Crippen LogP contribution in [0.4, 0.5) is 0 Å². The van der Waals surface area contributed by atoms with Crippen molar-refractivity contribution in [2.75, 3.05) is 13.7 Å². The van der Waals surface area contributed by atoms with E-state index in [0.717, 1.165) is 17.7 Å². The smallest absolute Gasteiger partial charge is 0.161 e. The van der Waals surface area contributed by atoms with E-state index >= 15 is 0 Å².